The molecule has 0 heterocycles. The van der Waals surface area contributed by atoms with Crippen LogP contribution < -0.4 is 4.74 Å². The average Bonchev–Trinajstić information content (AvgIpc) is 2.73. The summed E-state index contributed by atoms with van der Waals surface area (Å²) < 4.78 is 18.9. The summed E-state index contributed by atoms with van der Waals surface area (Å²) in [6, 6.07) is 15.1. The summed E-state index contributed by atoms with van der Waals surface area (Å²) in [5, 5.41) is 11.0. The lowest BCUT2D eigenvalue weighted by molar-refractivity contribution is -0.384. The van der Waals surface area contributed by atoms with E-state index in [-0.39, 0.29) is 33.1 Å². The molecule has 0 N–H and O–H groups in total. The van der Waals surface area contributed by atoms with Gasteiger partial charge in [0.05, 0.1) is 15.5 Å². The van der Waals surface area contributed by atoms with Gasteiger partial charge in [0.15, 0.2) is 5.78 Å². The van der Waals surface area contributed by atoms with E-state index in [1.807, 2.05) is 0 Å². The van der Waals surface area contributed by atoms with E-state index in [1.54, 1.807) is 0 Å². The van der Waals surface area contributed by atoms with Gasteiger partial charge in [-0.1, -0.05) is 23.7 Å². The Morgan fingerprint density at radius 3 is 2.37 bits per heavy atom. The van der Waals surface area contributed by atoms with Crippen molar-refractivity contribution >= 4 is 35.1 Å². The number of rotatable bonds is 6. The van der Waals surface area contributed by atoms with Crippen molar-refractivity contribution in [1.29, 1.82) is 0 Å². The number of carbonyl (C=O) groups excluding carboxylic acids is 2. The number of halogens is 2. The average molecular weight is 426 g/mol. The van der Waals surface area contributed by atoms with E-state index in [0.29, 0.717) is 0 Å². The number of allylic oxidation sites excluding steroid dienone is 1. The number of nitro groups is 1. The van der Waals surface area contributed by atoms with Crippen LogP contribution in [0, 0.1) is 15.9 Å². The van der Waals surface area contributed by atoms with Crippen molar-refractivity contribution in [2.75, 3.05) is 0 Å². The molecule has 3 rings (SSSR count). The zero-order valence-corrected chi connectivity index (χ0v) is 16.0. The van der Waals surface area contributed by atoms with Crippen LogP contribution in [-0.2, 0) is 0 Å². The normalized spacial score (nSPS) is 10.7. The molecule has 30 heavy (non-hydrogen) atoms. The van der Waals surface area contributed by atoms with E-state index in [1.165, 1.54) is 72.8 Å². The SMILES string of the molecule is O=C(/C=C/c1c(F)cccc1Cl)c1ccc(OC(=O)c2cccc([N+](=O)[O-])c2)cc1. The molecule has 150 valence electrons. The largest absolute Gasteiger partial charge is 0.423 e. The van der Waals surface area contributed by atoms with E-state index in [2.05, 4.69) is 0 Å². The van der Waals surface area contributed by atoms with Crippen LogP contribution in [-0.4, -0.2) is 16.7 Å². The second-order valence-electron chi connectivity index (χ2n) is 6.05. The summed E-state index contributed by atoms with van der Waals surface area (Å²) >= 11 is 5.92. The van der Waals surface area contributed by atoms with E-state index in [4.69, 9.17) is 16.3 Å². The molecule has 0 fully saturated rings. The second-order valence-corrected chi connectivity index (χ2v) is 6.46. The molecule has 0 aliphatic rings. The number of ether oxygens (including phenoxy) is 1. The summed E-state index contributed by atoms with van der Waals surface area (Å²) in [4.78, 5) is 34.6. The van der Waals surface area contributed by atoms with Crippen molar-refractivity contribution in [3.05, 3.63) is 110 Å². The summed E-state index contributed by atoms with van der Waals surface area (Å²) in [6.07, 6.45) is 2.48. The molecule has 0 saturated heterocycles. The third-order valence-electron chi connectivity index (χ3n) is 4.04. The van der Waals surface area contributed by atoms with E-state index < -0.39 is 22.5 Å². The first kappa shape index (κ1) is 20.9. The number of hydrogen-bond donors (Lipinski definition) is 0. The van der Waals surface area contributed by atoms with Crippen LogP contribution >= 0.6 is 11.6 Å². The monoisotopic (exact) mass is 425 g/mol. The van der Waals surface area contributed by atoms with Gasteiger partial charge >= 0.3 is 5.97 Å². The number of benzene rings is 3. The van der Waals surface area contributed by atoms with Crippen molar-refractivity contribution < 1.29 is 23.6 Å². The number of hydrogen-bond acceptors (Lipinski definition) is 5. The maximum atomic E-state index is 13.8. The Labute approximate surface area is 175 Å². The van der Waals surface area contributed by atoms with E-state index in [0.717, 1.165) is 6.07 Å². The van der Waals surface area contributed by atoms with Crippen LogP contribution in [0.4, 0.5) is 10.1 Å². The molecule has 0 saturated carbocycles. The molecular weight excluding hydrogens is 413 g/mol. The van der Waals surface area contributed by atoms with Gasteiger partial charge < -0.3 is 4.74 Å². The van der Waals surface area contributed by atoms with Gasteiger partial charge in [-0.15, -0.1) is 0 Å². The molecule has 6 nitrogen and oxygen atoms in total. The highest BCUT2D eigenvalue weighted by molar-refractivity contribution is 6.32. The molecule has 3 aromatic rings. The lowest BCUT2D eigenvalue weighted by Crippen LogP contribution is -2.09. The number of carbonyl (C=O) groups is 2. The molecule has 0 spiro atoms. The zero-order valence-electron chi connectivity index (χ0n) is 15.2. The predicted molar refractivity (Wildman–Crippen MR) is 109 cm³/mol. The first-order valence-electron chi connectivity index (χ1n) is 8.58. The van der Waals surface area contributed by atoms with E-state index >= 15 is 0 Å². The zero-order chi connectivity index (χ0) is 21.7. The number of nitro benzene ring substituents is 1. The molecular formula is C22H13ClFNO5. The van der Waals surface area contributed by atoms with Crippen molar-refractivity contribution in [2.45, 2.75) is 0 Å². The Bertz CT molecular complexity index is 1140. The molecule has 0 aliphatic carbocycles. The van der Waals surface area contributed by atoms with Gasteiger partial charge in [-0.2, -0.15) is 0 Å². The fourth-order valence-electron chi connectivity index (χ4n) is 2.52. The molecule has 0 atom stereocenters. The van der Waals surface area contributed by atoms with Crippen molar-refractivity contribution in [1.82, 2.24) is 0 Å². The van der Waals surface area contributed by atoms with Crippen LogP contribution in [0.5, 0.6) is 5.75 Å². The minimum atomic E-state index is -0.771. The van der Waals surface area contributed by atoms with Gasteiger partial charge in [-0.25, -0.2) is 9.18 Å². The van der Waals surface area contributed by atoms with Crippen LogP contribution in [0.3, 0.4) is 0 Å². The summed E-state index contributed by atoms with van der Waals surface area (Å²) in [5.74, 6) is -1.56. The van der Waals surface area contributed by atoms with Crippen molar-refractivity contribution in [3.63, 3.8) is 0 Å². The van der Waals surface area contributed by atoms with Crippen LogP contribution in [0.25, 0.3) is 6.08 Å². The van der Waals surface area contributed by atoms with Crippen molar-refractivity contribution in [3.8, 4) is 5.75 Å². The maximum Gasteiger partial charge on any atom is 0.343 e. The highest BCUT2D eigenvalue weighted by Gasteiger charge is 2.14. The summed E-state index contributed by atoms with van der Waals surface area (Å²) in [7, 11) is 0. The Morgan fingerprint density at radius 2 is 1.70 bits per heavy atom. The van der Waals surface area contributed by atoms with Gasteiger partial charge in [-0.3, -0.25) is 14.9 Å². The number of non-ortho nitro benzene ring substituents is 1. The van der Waals surface area contributed by atoms with Crippen molar-refractivity contribution in [2.24, 2.45) is 0 Å². The quantitative estimate of drug-likeness (QED) is 0.130. The summed E-state index contributed by atoms with van der Waals surface area (Å²) in [5.41, 5.74) is 0.185. The predicted octanol–water partition coefficient (Wildman–Crippen LogP) is 5.50. The Kier molecular flexibility index (Phi) is 6.34. The lowest BCUT2D eigenvalue weighted by Gasteiger charge is -2.05. The molecule has 0 aromatic heterocycles. The van der Waals surface area contributed by atoms with Crippen LogP contribution in [0.2, 0.25) is 5.02 Å². The van der Waals surface area contributed by atoms with Crippen LogP contribution in [0.15, 0.2) is 72.8 Å². The highest BCUT2D eigenvalue weighted by Crippen LogP contribution is 2.21. The van der Waals surface area contributed by atoms with Crippen LogP contribution in [0.1, 0.15) is 26.3 Å². The first-order chi connectivity index (χ1) is 14.3. The van der Waals surface area contributed by atoms with Gasteiger partial charge in [0.25, 0.3) is 5.69 Å². The van der Waals surface area contributed by atoms with Gasteiger partial charge in [0.1, 0.15) is 11.6 Å². The lowest BCUT2D eigenvalue weighted by atomic mass is 10.1. The molecule has 0 aliphatic heterocycles. The second kappa shape index (κ2) is 9.11. The van der Waals surface area contributed by atoms with Gasteiger partial charge in [0, 0.05) is 23.3 Å². The van der Waals surface area contributed by atoms with Gasteiger partial charge in [-0.05, 0) is 54.6 Å². The van der Waals surface area contributed by atoms with Gasteiger partial charge in [0.2, 0.25) is 0 Å². The third-order valence-corrected chi connectivity index (χ3v) is 4.37. The maximum absolute atomic E-state index is 13.8. The first-order valence-corrected chi connectivity index (χ1v) is 8.96. The Hall–Kier alpha value is -3.84. The van der Waals surface area contributed by atoms with E-state index in [9.17, 15) is 24.1 Å². The smallest absolute Gasteiger partial charge is 0.343 e. The molecule has 8 heteroatoms. The third kappa shape index (κ3) is 4.95. The molecule has 3 aromatic carbocycles. The molecule has 0 radical (unpaired) electrons. The number of esters is 1. The minimum absolute atomic E-state index is 0.0223. The minimum Gasteiger partial charge on any atom is -0.423 e. The Balaban J connectivity index is 1.69. The highest BCUT2D eigenvalue weighted by atomic mass is 35.5. The Morgan fingerprint density at radius 1 is 1.00 bits per heavy atom. The topological polar surface area (TPSA) is 86.5 Å². The number of ketones is 1. The molecule has 0 unspecified atom stereocenters. The fraction of sp³-hybridized carbons (Fsp3) is 0. The fourth-order valence-corrected chi connectivity index (χ4v) is 2.75. The molecule has 0 bridgehead atoms. The molecule has 0 amide bonds. The number of nitrogens with zero attached hydrogens (tertiary/aromatic N) is 1. The standard InChI is InChI=1S/C22H13ClFNO5/c23-19-5-2-6-20(24)18(19)11-12-21(26)14-7-9-17(10-8-14)30-22(27)15-3-1-4-16(13-15)25(28)29/h1-13H/b12-11+. The summed E-state index contributed by atoms with van der Waals surface area (Å²) in [6.45, 7) is 0.